The Morgan fingerprint density at radius 2 is 2.10 bits per heavy atom. The SMILES string of the molecule is CCCNc1ncc(Cl)c(Nc2cc(Cl)ccc2F)n1. The summed E-state index contributed by atoms with van der Waals surface area (Å²) in [7, 11) is 0. The van der Waals surface area contributed by atoms with Crippen LogP contribution in [0.3, 0.4) is 0 Å². The molecule has 106 valence electrons. The van der Waals surface area contributed by atoms with Gasteiger partial charge in [0.05, 0.1) is 11.9 Å². The zero-order valence-corrected chi connectivity index (χ0v) is 12.3. The molecule has 2 rings (SSSR count). The van der Waals surface area contributed by atoms with Gasteiger partial charge in [-0.3, -0.25) is 0 Å². The highest BCUT2D eigenvalue weighted by Gasteiger charge is 2.09. The van der Waals surface area contributed by atoms with Gasteiger partial charge in [0.1, 0.15) is 10.8 Å². The molecule has 0 aliphatic rings. The van der Waals surface area contributed by atoms with Gasteiger partial charge < -0.3 is 10.6 Å². The standard InChI is InChI=1S/C13H13Cl2FN4/c1-2-5-17-13-18-7-9(15)12(20-13)19-11-6-8(14)3-4-10(11)16/h3-4,6-7H,2,5H2,1H3,(H2,17,18,19,20). The number of nitrogens with zero attached hydrogens (tertiary/aromatic N) is 2. The van der Waals surface area contributed by atoms with E-state index < -0.39 is 5.82 Å². The minimum absolute atomic E-state index is 0.208. The lowest BCUT2D eigenvalue weighted by molar-refractivity contribution is 0.632. The summed E-state index contributed by atoms with van der Waals surface area (Å²) in [6.07, 6.45) is 2.40. The topological polar surface area (TPSA) is 49.8 Å². The van der Waals surface area contributed by atoms with Gasteiger partial charge in [0.25, 0.3) is 0 Å². The summed E-state index contributed by atoms with van der Waals surface area (Å²) < 4.78 is 13.7. The summed E-state index contributed by atoms with van der Waals surface area (Å²) >= 11 is 11.8. The van der Waals surface area contributed by atoms with Crippen LogP contribution in [0.1, 0.15) is 13.3 Å². The van der Waals surface area contributed by atoms with E-state index in [4.69, 9.17) is 23.2 Å². The van der Waals surface area contributed by atoms with E-state index in [1.165, 1.54) is 24.4 Å². The molecule has 1 aromatic heterocycles. The maximum absolute atomic E-state index is 13.7. The highest BCUT2D eigenvalue weighted by Crippen LogP contribution is 2.27. The lowest BCUT2D eigenvalue weighted by atomic mass is 10.3. The summed E-state index contributed by atoms with van der Waals surface area (Å²) in [5.74, 6) is 0.315. The van der Waals surface area contributed by atoms with Gasteiger partial charge in [0, 0.05) is 11.6 Å². The van der Waals surface area contributed by atoms with Crippen molar-refractivity contribution in [3.05, 3.63) is 40.3 Å². The lowest BCUT2D eigenvalue weighted by Gasteiger charge is -2.10. The van der Waals surface area contributed by atoms with Crippen molar-refractivity contribution in [3.8, 4) is 0 Å². The number of benzene rings is 1. The Morgan fingerprint density at radius 1 is 1.30 bits per heavy atom. The smallest absolute Gasteiger partial charge is 0.224 e. The number of nitrogens with one attached hydrogen (secondary N) is 2. The molecule has 0 amide bonds. The average molecular weight is 315 g/mol. The summed E-state index contributed by atoms with van der Waals surface area (Å²) in [6, 6.07) is 4.21. The quantitative estimate of drug-likeness (QED) is 0.853. The molecule has 0 spiro atoms. The van der Waals surface area contributed by atoms with Gasteiger partial charge in [-0.2, -0.15) is 4.98 Å². The van der Waals surface area contributed by atoms with Gasteiger partial charge in [-0.05, 0) is 24.6 Å². The highest BCUT2D eigenvalue weighted by molar-refractivity contribution is 6.33. The second-order valence-corrected chi connectivity index (χ2v) is 4.91. The number of aromatic nitrogens is 2. The van der Waals surface area contributed by atoms with Gasteiger partial charge in [-0.15, -0.1) is 0 Å². The van der Waals surface area contributed by atoms with E-state index in [0.717, 1.165) is 13.0 Å². The third-order valence-electron chi connectivity index (χ3n) is 2.46. The molecule has 0 bridgehead atoms. The Labute approximate surface area is 126 Å². The Morgan fingerprint density at radius 3 is 2.85 bits per heavy atom. The van der Waals surface area contributed by atoms with Crippen LogP contribution in [0.4, 0.5) is 21.8 Å². The molecule has 2 N–H and O–H groups in total. The van der Waals surface area contributed by atoms with Gasteiger partial charge in [-0.25, -0.2) is 9.37 Å². The van der Waals surface area contributed by atoms with Crippen molar-refractivity contribution in [2.45, 2.75) is 13.3 Å². The molecule has 1 heterocycles. The Hall–Kier alpha value is -1.59. The van der Waals surface area contributed by atoms with E-state index in [2.05, 4.69) is 20.6 Å². The molecule has 7 heteroatoms. The van der Waals surface area contributed by atoms with Crippen LogP contribution < -0.4 is 10.6 Å². The molecule has 0 aliphatic carbocycles. The molecule has 2 aromatic rings. The minimum Gasteiger partial charge on any atom is -0.354 e. The van der Waals surface area contributed by atoms with Crippen molar-refractivity contribution >= 4 is 40.7 Å². The Balaban J connectivity index is 2.25. The average Bonchev–Trinajstić information content (AvgIpc) is 2.43. The molecule has 4 nitrogen and oxygen atoms in total. The predicted octanol–water partition coefficient (Wildman–Crippen LogP) is 4.49. The molecular formula is C13H13Cl2FN4. The first-order valence-electron chi connectivity index (χ1n) is 6.08. The predicted molar refractivity (Wildman–Crippen MR) is 80.5 cm³/mol. The molecule has 0 saturated heterocycles. The van der Waals surface area contributed by atoms with Crippen LogP contribution in [-0.2, 0) is 0 Å². The normalized spacial score (nSPS) is 10.4. The first kappa shape index (κ1) is 14.8. The largest absolute Gasteiger partial charge is 0.354 e. The van der Waals surface area contributed by atoms with Crippen molar-refractivity contribution in [2.75, 3.05) is 17.2 Å². The second kappa shape index (κ2) is 6.72. The van der Waals surface area contributed by atoms with Crippen molar-refractivity contribution < 1.29 is 4.39 Å². The van der Waals surface area contributed by atoms with E-state index in [0.29, 0.717) is 21.8 Å². The first-order valence-corrected chi connectivity index (χ1v) is 6.84. The summed E-state index contributed by atoms with van der Waals surface area (Å²) in [6.45, 7) is 2.77. The van der Waals surface area contributed by atoms with E-state index >= 15 is 0 Å². The van der Waals surface area contributed by atoms with Gasteiger partial charge in [0.15, 0.2) is 5.82 Å². The van der Waals surface area contributed by atoms with Crippen molar-refractivity contribution in [2.24, 2.45) is 0 Å². The number of hydrogen-bond donors (Lipinski definition) is 2. The van der Waals surface area contributed by atoms with E-state index in [9.17, 15) is 4.39 Å². The maximum atomic E-state index is 13.7. The Bertz CT molecular complexity index is 607. The maximum Gasteiger partial charge on any atom is 0.224 e. The van der Waals surface area contributed by atoms with Crippen LogP contribution in [0.2, 0.25) is 10.0 Å². The third-order valence-corrected chi connectivity index (χ3v) is 2.97. The van der Waals surface area contributed by atoms with Gasteiger partial charge >= 0.3 is 0 Å². The molecule has 0 fully saturated rings. The summed E-state index contributed by atoms with van der Waals surface area (Å²) in [5.41, 5.74) is 0.208. The molecule has 0 unspecified atom stereocenters. The minimum atomic E-state index is -0.438. The fraction of sp³-hybridized carbons (Fsp3) is 0.231. The van der Waals surface area contributed by atoms with Gasteiger partial charge in [0.2, 0.25) is 5.95 Å². The second-order valence-electron chi connectivity index (χ2n) is 4.07. The summed E-state index contributed by atoms with van der Waals surface area (Å²) in [5, 5.41) is 6.57. The molecule has 0 aliphatic heterocycles. The van der Waals surface area contributed by atoms with E-state index in [1.807, 2.05) is 6.92 Å². The van der Waals surface area contributed by atoms with Crippen molar-refractivity contribution in [1.29, 1.82) is 0 Å². The van der Waals surface area contributed by atoms with Crippen molar-refractivity contribution in [3.63, 3.8) is 0 Å². The Kier molecular flexibility index (Phi) is 4.98. The van der Waals surface area contributed by atoms with Crippen LogP contribution in [0.15, 0.2) is 24.4 Å². The van der Waals surface area contributed by atoms with Gasteiger partial charge in [-0.1, -0.05) is 30.1 Å². The molecule has 0 saturated carbocycles. The zero-order valence-electron chi connectivity index (χ0n) is 10.8. The van der Waals surface area contributed by atoms with Crippen LogP contribution >= 0.6 is 23.2 Å². The fourth-order valence-corrected chi connectivity index (χ4v) is 1.81. The molecular weight excluding hydrogens is 302 g/mol. The fourth-order valence-electron chi connectivity index (χ4n) is 1.50. The lowest BCUT2D eigenvalue weighted by Crippen LogP contribution is -2.06. The van der Waals surface area contributed by atoms with Crippen LogP contribution in [-0.4, -0.2) is 16.5 Å². The summed E-state index contributed by atoms with van der Waals surface area (Å²) in [4.78, 5) is 8.24. The number of halogens is 3. The zero-order chi connectivity index (χ0) is 14.5. The van der Waals surface area contributed by atoms with Crippen LogP contribution in [0.25, 0.3) is 0 Å². The third kappa shape index (κ3) is 3.71. The highest BCUT2D eigenvalue weighted by atomic mass is 35.5. The van der Waals surface area contributed by atoms with E-state index in [1.54, 1.807) is 0 Å². The van der Waals surface area contributed by atoms with Crippen LogP contribution in [0, 0.1) is 5.82 Å². The van der Waals surface area contributed by atoms with Crippen LogP contribution in [0.5, 0.6) is 0 Å². The molecule has 0 radical (unpaired) electrons. The van der Waals surface area contributed by atoms with Crippen molar-refractivity contribution in [1.82, 2.24) is 9.97 Å². The monoisotopic (exact) mass is 314 g/mol. The molecule has 20 heavy (non-hydrogen) atoms. The molecule has 1 aromatic carbocycles. The molecule has 0 atom stereocenters. The first-order chi connectivity index (χ1) is 9.60. The van der Waals surface area contributed by atoms with E-state index in [-0.39, 0.29) is 5.69 Å². The number of rotatable bonds is 5. The number of anilines is 3. The number of hydrogen-bond acceptors (Lipinski definition) is 4.